The van der Waals surface area contributed by atoms with Gasteiger partial charge in [-0.15, -0.1) is 0 Å². The lowest BCUT2D eigenvalue weighted by Crippen LogP contribution is -2.22. The van der Waals surface area contributed by atoms with Gasteiger partial charge in [-0.2, -0.15) is 4.33 Å². The maximum Gasteiger partial charge on any atom is 0.255 e. The Balaban J connectivity index is 0.000000182. The van der Waals surface area contributed by atoms with E-state index in [4.69, 9.17) is 4.33 Å². The summed E-state index contributed by atoms with van der Waals surface area (Å²) in [6.45, 7) is 0. The number of pyridine rings is 2. The summed E-state index contributed by atoms with van der Waals surface area (Å²) in [4.78, 5) is 46.5. The van der Waals surface area contributed by atoms with Crippen LogP contribution in [0.15, 0.2) is 93.0 Å². The van der Waals surface area contributed by atoms with Crippen LogP contribution in [0.3, 0.4) is 0 Å². The van der Waals surface area contributed by atoms with Crippen LogP contribution < -0.4 is 11.1 Å². The first-order chi connectivity index (χ1) is 22.2. The van der Waals surface area contributed by atoms with Crippen molar-refractivity contribution in [2.24, 2.45) is 14.1 Å². The fourth-order valence-electron chi connectivity index (χ4n) is 4.75. The minimum Gasteiger partial charge on any atom is -0.295 e. The number of halogens is 2. The van der Waals surface area contributed by atoms with Crippen LogP contribution in [0.2, 0.25) is 0 Å². The Morgan fingerprint density at radius 2 is 1.17 bits per heavy atom. The smallest absolute Gasteiger partial charge is 0.255 e. The van der Waals surface area contributed by atoms with Crippen molar-refractivity contribution in [3.05, 3.63) is 128 Å². The lowest BCUT2D eigenvalue weighted by molar-refractivity contribution is -0.160. The zero-order chi connectivity index (χ0) is 32.8. The molecule has 0 spiro atoms. The number of nitrogens with zero attached hydrogens (tertiary/aromatic N) is 6. The van der Waals surface area contributed by atoms with Gasteiger partial charge in [0, 0.05) is 61.2 Å². The van der Waals surface area contributed by atoms with Crippen molar-refractivity contribution in [3.63, 3.8) is 0 Å². The topological polar surface area (TPSA) is 114 Å². The van der Waals surface area contributed by atoms with Crippen LogP contribution in [0.5, 0.6) is 0 Å². The highest BCUT2D eigenvalue weighted by molar-refractivity contribution is 7.98. The summed E-state index contributed by atoms with van der Waals surface area (Å²) in [6.07, 6.45) is 5.62. The van der Waals surface area contributed by atoms with Gasteiger partial charge in [-0.05, 0) is 41.6 Å². The molecule has 0 N–H and O–H groups in total. The molecule has 0 saturated carbocycles. The van der Waals surface area contributed by atoms with Crippen LogP contribution in [0.25, 0.3) is 22.1 Å². The first-order valence-corrected chi connectivity index (χ1v) is 15.8. The molecule has 0 unspecified atom stereocenters. The third-order valence-corrected chi connectivity index (χ3v) is 8.15. The zero-order valence-corrected chi connectivity index (χ0v) is 26.9. The molecule has 46 heavy (non-hydrogen) atoms. The minimum absolute atomic E-state index is 0.165. The molecule has 4 heterocycles. The van der Waals surface area contributed by atoms with Crippen molar-refractivity contribution in [1.29, 1.82) is 0 Å². The first-order valence-electron chi connectivity index (χ1n) is 13.8. The predicted molar refractivity (Wildman–Crippen MR) is 174 cm³/mol. The summed E-state index contributed by atoms with van der Waals surface area (Å²) < 4.78 is 35.2. The predicted octanol–water partition coefficient (Wildman–Crippen LogP) is 5.42. The van der Waals surface area contributed by atoms with Gasteiger partial charge in [0.1, 0.15) is 35.0 Å². The van der Waals surface area contributed by atoms with Gasteiger partial charge in [-0.25, -0.2) is 33.6 Å². The summed E-state index contributed by atoms with van der Waals surface area (Å²) >= 11 is 2.27. The fourth-order valence-corrected chi connectivity index (χ4v) is 5.43. The molecule has 0 aliphatic carbocycles. The molecule has 2 aromatic carbocycles. The van der Waals surface area contributed by atoms with Gasteiger partial charge in [-0.1, -0.05) is 48.2 Å². The third kappa shape index (κ3) is 7.31. The van der Waals surface area contributed by atoms with E-state index in [1.54, 1.807) is 75.0 Å². The van der Waals surface area contributed by atoms with E-state index in [0.717, 1.165) is 17.4 Å². The van der Waals surface area contributed by atoms with Crippen LogP contribution >= 0.6 is 23.8 Å². The quantitative estimate of drug-likeness (QED) is 0.0688. The van der Waals surface area contributed by atoms with Crippen molar-refractivity contribution in [1.82, 2.24) is 29.1 Å². The average molecular weight is 663 g/mol. The zero-order valence-electron chi connectivity index (χ0n) is 25.2. The van der Waals surface area contributed by atoms with Gasteiger partial charge < -0.3 is 0 Å². The molecule has 6 rings (SSSR count). The van der Waals surface area contributed by atoms with Crippen molar-refractivity contribution in [2.45, 2.75) is 23.2 Å². The number of thioether (sulfide) groups is 1. The standard InChI is InChI=1S/C16H14FN3O3S.C16H14FN3OS/c1-20-14-12(9-18-16(19-14)24-23-22-2)8-11(15(20)21)7-10-5-3-4-6-13(10)17;1-20-14-12(9-18-16(19-14)22-2)8-11(15(20)21)7-10-5-3-4-6-13(10)17/h3-6,8-9H,7H2,1-2H3;3-6,8-9H,7H2,1-2H3. The molecule has 4 aromatic heterocycles. The Morgan fingerprint density at radius 1 is 0.717 bits per heavy atom. The van der Waals surface area contributed by atoms with E-state index in [1.807, 2.05) is 6.26 Å². The summed E-state index contributed by atoms with van der Waals surface area (Å²) in [5.74, 6) is -0.641. The van der Waals surface area contributed by atoms with Crippen molar-refractivity contribution in [2.75, 3.05) is 13.4 Å². The van der Waals surface area contributed by atoms with Crippen molar-refractivity contribution >= 4 is 45.9 Å². The molecule has 0 saturated heterocycles. The number of hydrogen-bond donors (Lipinski definition) is 0. The molecule has 6 aromatic rings. The molecule has 0 amide bonds. The molecule has 0 bridgehead atoms. The Morgan fingerprint density at radius 3 is 1.63 bits per heavy atom. The van der Waals surface area contributed by atoms with Gasteiger partial charge in [0.2, 0.25) is 5.16 Å². The minimum atomic E-state index is -0.334. The van der Waals surface area contributed by atoms with Crippen LogP contribution in [0.4, 0.5) is 8.78 Å². The normalized spacial score (nSPS) is 11.1. The summed E-state index contributed by atoms with van der Waals surface area (Å²) in [7, 11) is 4.67. The Kier molecular flexibility index (Phi) is 10.5. The molecule has 236 valence electrons. The first kappa shape index (κ1) is 32.9. The maximum absolute atomic E-state index is 13.8. The molecular formula is C32H28F2N6O4S2. The number of hydrogen-bond acceptors (Lipinski definition) is 10. The second kappa shape index (κ2) is 14.7. The van der Waals surface area contributed by atoms with Crippen molar-refractivity contribution in [3.8, 4) is 0 Å². The summed E-state index contributed by atoms with van der Waals surface area (Å²) in [6, 6.07) is 16.3. The molecule has 0 fully saturated rings. The van der Waals surface area contributed by atoms with Crippen LogP contribution in [0.1, 0.15) is 22.3 Å². The number of rotatable bonds is 8. The Labute approximate surface area is 270 Å². The maximum atomic E-state index is 13.8. The molecule has 0 atom stereocenters. The van der Waals surface area contributed by atoms with Crippen molar-refractivity contribution < 1.29 is 18.0 Å². The van der Waals surface area contributed by atoms with E-state index in [1.165, 1.54) is 40.1 Å². The van der Waals surface area contributed by atoms with E-state index < -0.39 is 0 Å². The van der Waals surface area contributed by atoms with Crippen LogP contribution in [0, 0.1) is 11.6 Å². The Bertz CT molecular complexity index is 2160. The molecule has 0 radical (unpaired) electrons. The third-order valence-electron chi connectivity index (χ3n) is 7.04. The van der Waals surface area contributed by atoms with E-state index >= 15 is 0 Å². The van der Waals surface area contributed by atoms with Crippen LogP contribution in [-0.2, 0) is 36.2 Å². The summed E-state index contributed by atoms with van der Waals surface area (Å²) in [5.41, 5.74) is 2.63. The highest BCUT2D eigenvalue weighted by atomic mass is 32.2. The second-order valence-electron chi connectivity index (χ2n) is 9.99. The van der Waals surface area contributed by atoms with Gasteiger partial charge in [0.15, 0.2) is 5.16 Å². The number of benzene rings is 2. The van der Waals surface area contributed by atoms with E-state index in [-0.39, 0.29) is 35.6 Å². The highest BCUT2D eigenvalue weighted by Gasteiger charge is 2.13. The Hall–Kier alpha value is -4.50. The molecule has 0 aliphatic heterocycles. The molecule has 10 nitrogen and oxygen atoms in total. The lowest BCUT2D eigenvalue weighted by atomic mass is 10.0. The van der Waals surface area contributed by atoms with Gasteiger partial charge >= 0.3 is 0 Å². The van der Waals surface area contributed by atoms with Gasteiger partial charge in [0.25, 0.3) is 11.1 Å². The van der Waals surface area contributed by atoms with Gasteiger partial charge in [-0.3, -0.25) is 18.7 Å². The highest BCUT2D eigenvalue weighted by Crippen LogP contribution is 2.20. The largest absolute Gasteiger partial charge is 0.295 e. The van der Waals surface area contributed by atoms with Crippen LogP contribution in [-0.4, -0.2) is 42.4 Å². The lowest BCUT2D eigenvalue weighted by Gasteiger charge is -2.09. The molecule has 0 aliphatic rings. The number of fused-ring (bicyclic) bond motifs is 2. The number of aromatic nitrogens is 6. The SMILES string of the molecule is COOSc1ncc2cc(Cc3ccccc3F)c(=O)n(C)c2n1.CSc1ncc2cc(Cc3ccccc3F)c(=O)n(C)c2n1. The molecule has 14 heteroatoms. The van der Waals surface area contributed by atoms with E-state index in [9.17, 15) is 18.4 Å². The second-order valence-corrected chi connectivity index (χ2v) is 11.4. The van der Waals surface area contributed by atoms with E-state index in [2.05, 4.69) is 24.8 Å². The monoisotopic (exact) mass is 662 g/mol. The number of aryl methyl sites for hydroxylation is 2. The van der Waals surface area contributed by atoms with Gasteiger partial charge in [0.05, 0.1) is 7.11 Å². The summed E-state index contributed by atoms with van der Waals surface area (Å²) in [5, 5.41) is 2.39. The average Bonchev–Trinajstić information content (AvgIpc) is 3.07. The fraction of sp³-hybridized carbons (Fsp3) is 0.188. The van der Waals surface area contributed by atoms with E-state index in [0.29, 0.717) is 49.2 Å². The molecular weight excluding hydrogens is 635 g/mol.